The molecular weight excluding hydrogens is 493 g/mol. The summed E-state index contributed by atoms with van der Waals surface area (Å²) in [5.74, 6) is -1.41. The smallest absolute Gasteiger partial charge is 0.229 e. The van der Waals surface area contributed by atoms with Crippen LogP contribution in [0.2, 0.25) is 0 Å². The van der Waals surface area contributed by atoms with Crippen molar-refractivity contribution in [3.05, 3.63) is 72.6 Å². The first-order chi connectivity index (χ1) is 15.5. The van der Waals surface area contributed by atoms with Crippen molar-refractivity contribution < 1.29 is 18.0 Å². The van der Waals surface area contributed by atoms with Crippen LogP contribution in [0.3, 0.4) is 0 Å². The van der Waals surface area contributed by atoms with Crippen molar-refractivity contribution in [3.8, 4) is 0 Å². The Kier molecular flexibility index (Phi) is 8.76. The fourth-order valence-corrected chi connectivity index (χ4v) is 5.03. The first-order valence-corrected chi connectivity index (χ1v) is 11.7. The third kappa shape index (κ3) is 6.49. The highest BCUT2D eigenvalue weighted by Gasteiger charge is 2.21. The Hall–Kier alpha value is -2.56. The summed E-state index contributed by atoms with van der Waals surface area (Å²) in [4.78, 5) is 23.7. The lowest BCUT2D eigenvalue weighted by molar-refractivity contribution is -0.118. The van der Waals surface area contributed by atoms with Crippen molar-refractivity contribution in [1.29, 1.82) is 0 Å². The molecule has 5 nitrogen and oxygen atoms in total. The number of carbonyl (C=O) groups excluding carboxylic acids is 1. The summed E-state index contributed by atoms with van der Waals surface area (Å²) in [5, 5.41) is 0.340. The molecule has 0 saturated heterocycles. The van der Waals surface area contributed by atoms with Gasteiger partial charge in [0.25, 0.3) is 0 Å². The molecule has 33 heavy (non-hydrogen) atoms. The topological polar surface area (TPSA) is 51.0 Å². The Bertz CT molecular complexity index is 1200. The van der Waals surface area contributed by atoms with Gasteiger partial charge >= 0.3 is 0 Å². The van der Waals surface area contributed by atoms with Crippen LogP contribution in [-0.2, 0) is 11.3 Å². The first-order valence-electron chi connectivity index (χ1n) is 9.89. The number of halogens is 4. The quantitative estimate of drug-likeness (QED) is 0.260. The van der Waals surface area contributed by atoms with Gasteiger partial charge in [0, 0.05) is 48.6 Å². The molecule has 0 radical (unpaired) electrons. The van der Waals surface area contributed by atoms with Gasteiger partial charge in [-0.2, -0.15) is 0 Å². The van der Waals surface area contributed by atoms with Gasteiger partial charge in [0.05, 0.1) is 11.0 Å². The average molecular weight is 513 g/mol. The van der Waals surface area contributed by atoms with E-state index in [2.05, 4.69) is 9.97 Å². The molecule has 0 fully saturated rings. The van der Waals surface area contributed by atoms with Gasteiger partial charge in [-0.15, -0.1) is 24.2 Å². The van der Waals surface area contributed by atoms with Gasteiger partial charge in [-0.25, -0.2) is 23.1 Å². The van der Waals surface area contributed by atoms with Crippen LogP contribution in [-0.4, -0.2) is 32.7 Å². The number of nitrogens with zero attached hydrogens (tertiary/aromatic N) is 4. The fourth-order valence-electron chi connectivity index (χ4n) is 3.14. The van der Waals surface area contributed by atoms with Crippen molar-refractivity contribution in [2.45, 2.75) is 24.3 Å². The van der Waals surface area contributed by atoms with E-state index in [9.17, 15) is 18.0 Å². The zero-order chi connectivity index (χ0) is 22.5. The molecule has 2 aromatic carbocycles. The first kappa shape index (κ1) is 25.1. The average Bonchev–Trinajstić information content (AvgIpc) is 3.42. The van der Waals surface area contributed by atoms with E-state index in [1.165, 1.54) is 34.9 Å². The molecule has 174 valence electrons. The minimum absolute atomic E-state index is 0. The second-order valence-electron chi connectivity index (χ2n) is 6.98. The highest BCUT2D eigenvalue weighted by Crippen LogP contribution is 2.32. The number of thiazole rings is 1. The number of aromatic nitrogens is 3. The van der Waals surface area contributed by atoms with Crippen molar-refractivity contribution in [1.82, 2.24) is 14.5 Å². The summed E-state index contributed by atoms with van der Waals surface area (Å²) in [7, 11) is 0. The fraction of sp³-hybridized carbons (Fsp3) is 0.227. The highest BCUT2D eigenvalue weighted by molar-refractivity contribution is 7.99. The van der Waals surface area contributed by atoms with E-state index in [0.29, 0.717) is 35.1 Å². The number of thioether (sulfide) groups is 1. The Labute approximate surface area is 203 Å². The summed E-state index contributed by atoms with van der Waals surface area (Å²) in [6, 6.07) is 8.09. The van der Waals surface area contributed by atoms with Crippen molar-refractivity contribution in [3.63, 3.8) is 0 Å². The maximum absolute atomic E-state index is 14.1. The zero-order valence-electron chi connectivity index (χ0n) is 17.3. The third-order valence-electron chi connectivity index (χ3n) is 4.69. The van der Waals surface area contributed by atoms with Crippen LogP contribution in [0.4, 0.5) is 18.3 Å². The molecule has 0 aliphatic heterocycles. The standard InChI is InChI=1S/C22H19F3N4OS2.ClH/c23-15-2-4-17(5-3-15)31-11-6-20(30)29(9-1-8-28-10-7-26-14-28)22-27-21-18(25)12-16(24)13-19(21)32-22;/h2-5,7,10,12-14H,1,6,8-9,11H2;1H. The summed E-state index contributed by atoms with van der Waals surface area (Å²) >= 11 is 2.54. The normalized spacial score (nSPS) is 10.9. The van der Waals surface area contributed by atoms with Crippen LogP contribution in [0.1, 0.15) is 12.8 Å². The minimum Gasteiger partial charge on any atom is -0.337 e. The van der Waals surface area contributed by atoms with E-state index < -0.39 is 11.6 Å². The molecule has 4 rings (SSSR count). The minimum atomic E-state index is -0.750. The number of hydrogen-bond donors (Lipinski definition) is 0. The number of benzene rings is 2. The maximum Gasteiger partial charge on any atom is 0.229 e. The van der Waals surface area contributed by atoms with E-state index in [4.69, 9.17) is 0 Å². The lowest BCUT2D eigenvalue weighted by Gasteiger charge is -2.20. The van der Waals surface area contributed by atoms with Gasteiger partial charge in [-0.1, -0.05) is 11.3 Å². The monoisotopic (exact) mass is 512 g/mol. The number of imidazole rings is 1. The molecule has 1 amide bonds. The lowest BCUT2D eigenvalue weighted by atomic mass is 10.3. The SMILES string of the molecule is Cl.O=C(CCSc1ccc(F)cc1)N(CCCn1ccnc1)c1nc2c(F)cc(F)cc2s1. The van der Waals surface area contributed by atoms with Crippen molar-refractivity contribution >= 4 is 56.8 Å². The molecule has 2 heterocycles. The van der Waals surface area contributed by atoms with Crippen LogP contribution in [0.15, 0.2) is 60.0 Å². The molecule has 4 aromatic rings. The number of carbonyl (C=O) groups is 1. The summed E-state index contributed by atoms with van der Waals surface area (Å²) in [6.07, 6.45) is 6.07. The molecule has 0 N–H and O–H groups in total. The van der Waals surface area contributed by atoms with Gasteiger partial charge in [0.2, 0.25) is 5.91 Å². The Morgan fingerprint density at radius 3 is 2.64 bits per heavy atom. The van der Waals surface area contributed by atoms with Crippen LogP contribution >= 0.6 is 35.5 Å². The van der Waals surface area contributed by atoms with E-state index >= 15 is 0 Å². The number of aryl methyl sites for hydroxylation is 1. The number of anilines is 1. The van der Waals surface area contributed by atoms with E-state index in [0.717, 1.165) is 22.3 Å². The second kappa shape index (κ2) is 11.5. The molecule has 0 aliphatic rings. The van der Waals surface area contributed by atoms with Crippen molar-refractivity contribution in [2.75, 3.05) is 17.2 Å². The van der Waals surface area contributed by atoms with Crippen molar-refractivity contribution in [2.24, 2.45) is 0 Å². The van der Waals surface area contributed by atoms with Gasteiger partial charge in [0.15, 0.2) is 10.9 Å². The lowest BCUT2D eigenvalue weighted by Crippen LogP contribution is -2.32. The van der Waals surface area contributed by atoms with Crippen LogP contribution in [0, 0.1) is 17.5 Å². The summed E-state index contributed by atoms with van der Waals surface area (Å²) in [5.41, 5.74) is 0.0551. The summed E-state index contributed by atoms with van der Waals surface area (Å²) < 4.78 is 43.1. The van der Waals surface area contributed by atoms with Gasteiger partial charge in [-0.3, -0.25) is 9.69 Å². The maximum atomic E-state index is 14.1. The molecule has 0 bridgehead atoms. The van der Waals surface area contributed by atoms with Crippen LogP contribution in [0.5, 0.6) is 0 Å². The third-order valence-corrected chi connectivity index (χ3v) is 6.73. The molecule has 0 saturated carbocycles. The number of hydrogen-bond acceptors (Lipinski definition) is 5. The molecule has 2 aromatic heterocycles. The second-order valence-corrected chi connectivity index (χ2v) is 9.16. The predicted molar refractivity (Wildman–Crippen MR) is 128 cm³/mol. The number of amides is 1. The molecule has 11 heteroatoms. The summed E-state index contributed by atoms with van der Waals surface area (Å²) in [6.45, 7) is 1.03. The number of rotatable bonds is 9. The Balaban J connectivity index is 0.00000306. The van der Waals surface area contributed by atoms with Crippen LogP contribution in [0.25, 0.3) is 10.2 Å². The molecule has 0 atom stereocenters. The highest BCUT2D eigenvalue weighted by atomic mass is 35.5. The number of fused-ring (bicyclic) bond motifs is 1. The van der Waals surface area contributed by atoms with E-state index in [-0.39, 0.29) is 36.1 Å². The van der Waals surface area contributed by atoms with Gasteiger partial charge in [0.1, 0.15) is 17.2 Å². The van der Waals surface area contributed by atoms with Gasteiger partial charge < -0.3 is 4.57 Å². The Morgan fingerprint density at radius 2 is 1.91 bits per heavy atom. The van der Waals surface area contributed by atoms with E-state index in [1.54, 1.807) is 24.7 Å². The van der Waals surface area contributed by atoms with E-state index in [1.807, 2.05) is 10.8 Å². The predicted octanol–water partition coefficient (Wildman–Crippen LogP) is 5.94. The zero-order valence-corrected chi connectivity index (χ0v) is 19.7. The molecular formula is C22H20ClF3N4OS2. The molecule has 0 spiro atoms. The molecule has 0 aliphatic carbocycles. The van der Waals surface area contributed by atoms with Gasteiger partial charge in [-0.05, 0) is 36.8 Å². The van der Waals surface area contributed by atoms with Crippen LogP contribution < -0.4 is 4.90 Å². The largest absolute Gasteiger partial charge is 0.337 e. The Morgan fingerprint density at radius 1 is 1.12 bits per heavy atom. The molecule has 0 unspecified atom stereocenters.